The second kappa shape index (κ2) is 5.25. The van der Waals surface area contributed by atoms with Gasteiger partial charge in [0.25, 0.3) is 0 Å². The maximum Gasteiger partial charge on any atom is 0.0247 e. The van der Waals surface area contributed by atoms with Gasteiger partial charge in [-0.15, -0.1) is 0 Å². The maximum absolute atomic E-state index is 3.59. The summed E-state index contributed by atoms with van der Waals surface area (Å²) in [5.74, 6) is 0.879. The van der Waals surface area contributed by atoms with E-state index in [1.54, 1.807) is 0 Å². The lowest BCUT2D eigenvalue weighted by Crippen LogP contribution is -2.52. The molecule has 98 valence electrons. The van der Waals surface area contributed by atoms with Crippen LogP contribution in [0.25, 0.3) is 0 Å². The van der Waals surface area contributed by atoms with Crippen LogP contribution in [0.4, 0.5) is 0 Å². The van der Waals surface area contributed by atoms with Crippen molar-refractivity contribution in [3.05, 3.63) is 0 Å². The second-order valence-electron chi connectivity index (χ2n) is 6.22. The van der Waals surface area contributed by atoms with Gasteiger partial charge in [-0.1, -0.05) is 6.92 Å². The minimum atomic E-state index is 0.796. The van der Waals surface area contributed by atoms with Gasteiger partial charge in [-0.2, -0.15) is 0 Å². The number of piperidine rings is 1. The molecule has 3 unspecified atom stereocenters. The molecule has 3 nitrogen and oxygen atoms in total. The first-order valence-corrected chi connectivity index (χ1v) is 7.53. The summed E-state index contributed by atoms with van der Waals surface area (Å²) >= 11 is 0. The molecule has 0 aromatic rings. The highest BCUT2D eigenvalue weighted by atomic mass is 15.3. The third-order valence-corrected chi connectivity index (χ3v) is 5.09. The molecule has 3 aliphatic heterocycles. The lowest BCUT2D eigenvalue weighted by molar-refractivity contribution is 0.112. The van der Waals surface area contributed by atoms with E-state index in [0.717, 1.165) is 18.0 Å². The van der Waals surface area contributed by atoms with Crippen LogP contribution < -0.4 is 5.32 Å². The summed E-state index contributed by atoms with van der Waals surface area (Å²) in [6.07, 6.45) is 5.59. The highest BCUT2D eigenvalue weighted by Crippen LogP contribution is 2.25. The number of nitrogens with one attached hydrogen (secondary N) is 1. The van der Waals surface area contributed by atoms with Gasteiger partial charge in [0.2, 0.25) is 0 Å². The first kappa shape index (κ1) is 11.9. The van der Waals surface area contributed by atoms with Crippen molar-refractivity contribution in [2.75, 3.05) is 39.3 Å². The van der Waals surface area contributed by atoms with Crippen LogP contribution in [0.3, 0.4) is 0 Å². The Bertz CT molecular complexity index is 256. The number of nitrogens with zero attached hydrogens (tertiary/aromatic N) is 2. The molecule has 3 atom stereocenters. The summed E-state index contributed by atoms with van der Waals surface area (Å²) in [5.41, 5.74) is 0. The van der Waals surface area contributed by atoms with Crippen molar-refractivity contribution in [2.24, 2.45) is 5.92 Å². The van der Waals surface area contributed by atoms with Crippen LogP contribution in [0.5, 0.6) is 0 Å². The van der Waals surface area contributed by atoms with Crippen molar-refractivity contribution in [1.29, 1.82) is 0 Å². The van der Waals surface area contributed by atoms with Crippen molar-refractivity contribution >= 4 is 0 Å². The largest absolute Gasteiger partial charge is 0.315 e. The van der Waals surface area contributed by atoms with Crippen LogP contribution in [0.15, 0.2) is 0 Å². The Balaban J connectivity index is 1.65. The average Bonchev–Trinajstić information content (AvgIpc) is 2.68. The van der Waals surface area contributed by atoms with Crippen LogP contribution in [-0.4, -0.2) is 61.2 Å². The van der Waals surface area contributed by atoms with Gasteiger partial charge in [0.15, 0.2) is 0 Å². The molecule has 0 bridgehead atoms. The van der Waals surface area contributed by atoms with Gasteiger partial charge in [-0.05, 0) is 57.8 Å². The van der Waals surface area contributed by atoms with E-state index >= 15 is 0 Å². The molecule has 0 amide bonds. The lowest BCUT2D eigenvalue weighted by atomic mass is 9.93. The molecule has 0 spiro atoms. The van der Waals surface area contributed by atoms with Crippen molar-refractivity contribution < 1.29 is 0 Å². The van der Waals surface area contributed by atoms with E-state index in [1.807, 2.05) is 0 Å². The smallest absolute Gasteiger partial charge is 0.0247 e. The predicted molar refractivity (Wildman–Crippen MR) is 71.2 cm³/mol. The predicted octanol–water partition coefficient (Wildman–Crippen LogP) is 1.15. The highest BCUT2D eigenvalue weighted by Gasteiger charge is 2.33. The molecule has 0 saturated carbocycles. The molecule has 1 N–H and O–H groups in total. The van der Waals surface area contributed by atoms with E-state index in [0.29, 0.717) is 0 Å². The molecule has 3 heteroatoms. The Kier molecular flexibility index (Phi) is 3.69. The molecule has 3 aliphatic rings. The van der Waals surface area contributed by atoms with Crippen LogP contribution >= 0.6 is 0 Å². The Morgan fingerprint density at radius 1 is 1.00 bits per heavy atom. The molecule has 17 heavy (non-hydrogen) atoms. The first-order valence-electron chi connectivity index (χ1n) is 7.53. The first-order chi connectivity index (χ1) is 8.34. The fourth-order valence-electron chi connectivity index (χ4n) is 4.00. The molecule has 0 radical (unpaired) electrons. The summed E-state index contributed by atoms with van der Waals surface area (Å²) in [6, 6.07) is 1.66. The number of hydrogen-bond donors (Lipinski definition) is 1. The monoisotopic (exact) mass is 237 g/mol. The minimum Gasteiger partial charge on any atom is -0.315 e. The van der Waals surface area contributed by atoms with E-state index in [1.165, 1.54) is 65.0 Å². The van der Waals surface area contributed by atoms with Crippen molar-refractivity contribution in [3.8, 4) is 0 Å². The van der Waals surface area contributed by atoms with Crippen LogP contribution in [0, 0.1) is 5.92 Å². The summed E-state index contributed by atoms with van der Waals surface area (Å²) in [6.45, 7) is 10.2. The molecule has 3 rings (SSSR count). The van der Waals surface area contributed by atoms with Crippen LogP contribution in [-0.2, 0) is 0 Å². The van der Waals surface area contributed by atoms with Gasteiger partial charge in [0.05, 0.1) is 0 Å². The van der Waals surface area contributed by atoms with E-state index in [-0.39, 0.29) is 0 Å². The van der Waals surface area contributed by atoms with Crippen LogP contribution in [0.1, 0.15) is 32.6 Å². The Morgan fingerprint density at radius 2 is 1.82 bits per heavy atom. The Morgan fingerprint density at radius 3 is 2.71 bits per heavy atom. The van der Waals surface area contributed by atoms with Gasteiger partial charge < -0.3 is 5.32 Å². The fourth-order valence-corrected chi connectivity index (χ4v) is 4.00. The number of fused-ring (bicyclic) bond motifs is 1. The van der Waals surface area contributed by atoms with Gasteiger partial charge in [0.1, 0.15) is 0 Å². The molecule has 3 heterocycles. The maximum atomic E-state index is 3.59. The number of rotatable bonds is 1. The number of hydrogen-bond acceptors (Lipinski definition) is 3. The topological polar surface area (TPSA) is 18.5 Å². The zero-order valence-corrected chi connectivity index (χ0v) is 11.2. The molecule has 0 aliphatic carbocycles. The minimum absolute atomic E-state index is 0.796. The van der Waals surface area contributed by atoms with E-state index < -0.39 is 0 Å². The van der Waals surface area contributed by atoms with E-state index in [4.69, 9.17) is 0 Å². The van der Waals surface area contributed by atoms with Crippen molar-refractivity contribution in [2.45, 2.75) is 44.7 Å². The van der Waals surface area contributed by atoms with Gasteiger partial charge >= 0.3 is 0 Å². The quantitative estimate of drug-likeness (QED) is 0.738. The highest BCUT2D eigenvalue weighted by molar-refractivity contribution is 4.90. The standard InChI is InChI=1S/C14H27N3/c1-12-5-6-15-10-14(12)17-9-3-8-16-7-2-4-13(16)11-17/h12-15H,2-11H2,1H3. The summed E-state index contributed by atoms with van der Waals surface area (Å²) < 4.78 is 0. The normalized spacial score (nSPS) is 41.1. The molecular weight excluding hydrogens is 210 g/mol. The summed E-state index contributed by atoms with van der Waals surface area (Å²) in [4.78, 5) is 5.54. The molecular formula is C14H27N3. The Labute approximate surface area is 106 Å². The van der Waals surface area contributed by atoms with Gasteiger partial charge in [0, 0.05) is 25.2 Å². The molecule has 3 fully saturated rings. The zero-order chi connectivity index (χ0) is 11.7. The third-order valence-electron chi connectivity index (χ3n) is 5.09. The van der Waals surface area contributed by atoms with Gasteiger partial charge in [-0.25, -0.2) is 0 Å². The summed E-state index contributed by atoms with van der Waals surface area (Å²) in [5, 5.41) is 3.59. The molecule has 3 saturated heterocycles. The SMILES string of the molecule is CC1CCNCC1N1CCCN2CCCC2C1. The summed E-state index contributed by atoms with van der Waals surface area (Å²) in [7, 11) is 0. The third kappa shape index (κ3) is 2.51. The van der Waals surface area contributed by atoms with E-state index in [9.17, 15) is 0 Å². The molecule has 0 aromatic carbocycles. The second-order valence-corrected chi connectivity index (χ2v) is 6.22. The zero-order valence-electron chi connectivity index (χ0n) is 11.2. The molecule has 0 aromatic heterocycles. The fraction of sp³-hybridized carbons (Fsp3) is 1.00. The van der Waals surface area contributed by atoms with Gasteiger partial charge in [-0.3, -0.25) is 9.80 Å². The lowest BCUT2D eigenvalue weighted by Gasteiger charge is -2.39. The van der Waals surface area contributed by atoms with Crippen molar-refractivity contribution in [3.63, 3.8) is 0 Å². The average molecular weight is 237 g/mol. The van der Waals surface area contributed by atoms with E-state index in [2.05, 4.69) is 22.0 Å². The van der Waals surface area contributed by atoms with Crippen molar-refractivity contribution in [1.82, 2.24) is 15.1 Å². The Hall–Kier alpha value is -0.120. The van der Waals surface area contributed by atoms with Crippen LogP contribution in [0.2, 0.25) is 0 Å².